The number of nitrogens with one attached hydrogen (secondary N) is 1. The highest BCUT2D eigenvalue weighted by Crippen LogP contribution is 2.30. The highest BCUT2D eigenvalue weighted by molar-refractivity contribution is 7.22. The van der Waals surface area contributed by atoms with Crippen LogP contribution in [-0.4, -0.2) is 47.6 Å². The van der Waals surface area contributed by atoms with Gasteiger partial charge in [0.2, 0.25) is 5.91 Å². The third-order valence-electron chi connectivity index (χ3n) is 5.09. The molecule has 2 aliphatic heterocycles. The van der Waals surface area contributed by atoms with Crippen molar-refractivity contribution in [3.8, 4) is 0 Å². The number of nitrogens with zero attached hydrogens (tertiary/aromatic N) is 2. The Morgan fingerprint density at radius 1 is 1.28 bits per heavy atom. The highest BCUT2D eigenvalue weighted by atomic mass is 35.5. The van der Waals surface area contributed by atoms with Crippen LogP contribution < -0.4 is 5.32 Å². The first kappa shape index (κ1) is 17.2. The number of hydrogen-bond acceptors (Lipinski definition) is 5. The number of carbonyl (C=O) groups excluding carboxylic acids is 1. The molecule has 134 valence electrons. The first-order chi connectivity index (χ1) is 12.2. The number of ether oxygens (including phenoxy) is 1. The van der Waals surface area contributed by atoms with Crippen LogP contribution >= 0.6 is 22.9 Å². The third-order valence-corrected chi connectivity index (χ3v) is 6.27. The van der Waals surface area contributed by atoms with E-state index in [4.69, 9.17) is 16.3 Å². The largest absolute Gasteiger partial charge is 0.381 e. The Kier molecular flexibility index (Phi) is 5.22. The van der Waals surface area contributed by atoms with Crippen molar-refractivity contribution in [2.75, 3.05) is 25.1 Å². The number of halogens is 1. The molecule has 2 aliphatic rings. The number of likely N-dealkylation sites (tertiary alicyclic amines) is 1. The van der Waals surface area contributed by atoms with Crippen LogP contribution in [0.5, 0.6) is 0 Å². The van der Waals surface area contributed by atoms with E-state index in [2.05, 4.69) is 15.2 Å². The Hall–Kier alpha value is -1.21. The molecule has 3 heterocycles. The zero-order valence-corrected chi connectivity index (χ0v) is 15.6. The number of thiazole rings is 1. The first-order valence-electron chi connectivity index (χ1n) is 8.91. The molecule has 2 aromatic rings. The van der Waals surface area contributed by atoms with Gasteiger partial charge in [-0.15, -0.1) is 0 Å². The molecule has 7 heteroatoms. The molecule has 1 N–H and O–H groups in total. The topological polar surface area (TPSA) is 54.5 Å². The van der Waals surface area contributed by atoms with Crippen LogP contribution in [0.1, 0.15) is 32.1 Å². The van der Waals surface area contributed by atoms with Gasteiger partial charge < -0.3 is 10.1 Å². The van der Waals surface area contributed by atoms with Crippen molar-refractivity contribution in [3.63, 3.8) is 0 Å². The summed E-state index contributed by atoms with van der Waals surface area (Å²) in [7, 11) is 0. The van der Waals surface area contributed by atoms with Crippen LogP contribution in [0.3, 0.4) is 0 Å². The van der Waals surface area contributed by atoms with E-state index in [-0.39, 0.29) is 11.9 Å². The molecule has 1 aromatic heterocycles. The van der Waals surface area contributed by atoms with Gasteiger partial charge in [0, 0.05) is 24.3 Å². The van der Waals surface area contributed by atoms with Gasteiger partial charge in [0.15, 0.2) is 5.13 Å². The molecule has 1 amide bonds. The number of fused-ring (bicyclic) bond motifs is 1. The SMILES string of the molecule is O=C(Nc1nc2cc(Cl)ccc2s1)C1CCCCN1C1CCOCC1. The van der Waals surface area contributed by atoms with E-state index in [1.807, 2.05) is 18.2 Å². The minimum Gasteiger partial charge on any atom is -0.381 e. The van der Waals surface area contributed by atoms with E-state index >= 15 is 0 Å². The Labute approximate surface area is 156 Å². The van der Waals surface area contributed by atoms with Crippen LogP contribution in [0.4, 0.5) is 5.13 Å². The monoisotopic (exact) mass is 379 g/mol. The lowest BCUT2D eigenvalue weighted by Gasteiger charge is -2.41. The maximum atomic E-state index is 12.9. The summed E-state index contributed by atoms with van der Waals surface area (Å²) in [5.74, 6) is 0.0661. The van der Waals surface area contributed by atoms with Crippen molar-refractivity contribution >= 4 is 44.2 Å². The smallest absolute Gasteiger partial charge is 0.243 e. The van der Waals surface area contributed by atoms with Gasteiger partial charge in [-0.05, 0) is 50.4 Å². The Balaban J connectivity index is 1.49. The molecule has 4 rings (SSSR count). The average molecular weight is 380 g/mol. The predicted molar refractivity (Wildman–Crippen MR) is 101 cm³/mol. The van der Waals surface area contributed by atoms with Gasteiger partial charge in [-0.3, -0.25) is 9.69 Å². The van der Waals surface area contributed by atoms with Gasteiger partial charge in [0.1, 0.15) is 0 Å². The van der Waals surface area contributed by atoms with Crippen molar-refractivity contribution in [1.29, 1.82) is 0 Å². The summed E-state index contributed by atoms with van der Waals surface area (Å²) >= 11 is 7.52. The molecule has 2 fully saturated rings. The summed E-state index contributed by atoms with van der Waals surface area (Å²) in [6.07, 6.45) is 5.22. The van der Waals surface area contributed by atoms with Gasteiger partial charge in [0.25, 0.3) is 0 Å². The molecule has 25 heavy (non-hydrogen) atoms. The fraction of sp³-hybridized carbons (Fsp3) is 0.556. The van der Waals surface area contributed by atoms with E-state index < -0.39 is 0 Å². The van der Waals surface area contributed by atoms with E-state index in [1.165, 1.54) is 17.8 Å². The van der Waals surface area contributed by atoms with Crippen molar-refractivity contribution in [3.05, 3.63) is 23.2 Å². The van der Waals surface area contributed by atoms with Crippen LogP contribution in [0, 0.1) is 0 Å². The summed E-state index contributed by atoms with van der Waals surface area (Å²) < 4.78 is 6.51. The van der Waals surface area contributed by atoms with Gasteiger partial charge in [-0.1, -0.05) is 29.4 Å². The zero-order chi connectivity index (χ0) is 17.2. The number of anilines is 1. The van der Waals surface area contributed by atoms with Crippen LogP contribution in [0.2, 0.25) is 5.02 Å². The first-order valence-corrected chi connectivity index (χ1v) is 10.1. The summed E-state index contributed by atoms with van der Waals surface area (Å²) in [6.45, 7) is 2.60. The number of piperidine rings is 1. The third kappa shape index (κ3) is 3.82. The lowest BCUT2D eigenvalue weighted by atomic mass is 9.96. The molecule has 0 bridgehead atoms. The standard InChI is InChI=1S/C18H22ClN3O2S/c19-12-4-5-16-14(11-12)20-18(25-16)21-17(23)15-3-1-2-8-22(15)13-6-9-24-10-7-13/h4-5,11,13,15H,1-3,6-10H2,(H,20,21,23). The fourth-order valence-corrected chi connectivity index (χ4v) is 4.85. The summed E-state index contributed by atoms with van der Waals surface area (Å²) in [5.41, 5.74) is 0.831. The van der Waals surface area contributed by atoms with Crippen molar-refractivity contribution in [1.82, 2.24) is 9.88 Å². The van der Waals surface area contributed by atoms with Crippen molar-refractivity contribution in [2.45, 2.75) is 44.2 Å². The Morgan fingerprint density at radius 2 is 2.12 bits per heavy atom. The van der Waals surface area contributed by atoms with Crippen LogP contribution in [-0.2, 0) is 9.53 Å². The Morgan fingerprint density at radius 3 is 2.96 bits per heavy atom. The van der Waals surface area contributed by atoms with Crippen LogP contribution in [0.25, 0.3) is 10.2 Å². The van der Waals surface area contributed by atoms with E-state index in [1.54, 1.807) is 0 Å². The molecule has 2 saturated heterocycles. The molecule has 0 saturated carbocycles. The lowest BCUT2D eigenvalue weighted by Crippen LogP contribution is -2.53. The van der Waals surface area contributed by atoms with Gasteiger partial charge in [-0.25, -0.2) is 4.98 Å². The van der Waals surface area contributed by atoms with Gasteiger partial charge in [0.05, 0.1) is 16.3 Å². The fourth-order valence-electron chi connectivity index (χ4n) is 3.83. The van der Waals surface area contributed by atoms with Crippen molar-refractivity contribution < 1.29 is 9.53 Å². The molecule has 0 spiro atoms. The molecule has 0 aliphatic carbocycles. The molecule has 0 radical (unpaired) electrons. The number of amides is 1. The summed E-state index contributed by atoms with van der Waals surface area (Å²) in [4.78, 5) is 19.8. The second-order valence-corrected chi connectivity index (χ2v) is 8.18. The second-order valence-electron chi connectivity index (χ2n) is 6.71. The number of carbonyl (C=O) groups is 1. The number of hydrogen-bond donors (Lipinski definition) is 1. The second kappa shape index (κ2) is 7.58. The quantitative estimate of drug-likeness (QED) is 0.878. The minimum atomic E-state index is -0.0625. The predicted octanol–water partition coefficient (Wildman–Crippen LogP) is 3.92. The Bertz CT molecular complexity index is 760. The number of rotatable bonds is 3. The van der Waals surface area contributed by atoms with E-state index in [9.17, 15) is 4.79 Å². The lowest BCUT2D eigenvalue weighted by molar-refractivity contribution is -0.124. The molecule has 1 unspecified atom stereocenters. The maximum absolute atomic E-state index is 12.9. The molecule has 1 atom stereocenters. The molecular formula is C18H22ClN3O2S. The maximum Gasteiger partial charge on any atom is 0.243 e. The van der Waals surface area contributed by atoms with E-state index in [0.29, 0.717) is 16.2 Å². The number of aromatic nitrogens is 1. The zero-order valence-electron chi connectivity index (χ0n) is 14.0. The summed E-state index contributed by atoms with van der Waals surface area (Å²) in [5, 5.41) is 4.36. The van der Waals surface area contributed by atoms with Gasteiger partial charge in [-0.2, -0.15) is 0 Å². The van der Waals surface area contributed by atoms with Gasteiger partial charge >= 0.3 is 0 Å². The molecule has 5 nitrogen and oxygen atoms in total. The normalized spacial score (nSPS) is 23.0. The molecular weight excluding hydrogens is 358 g/mol. The average Bonchev–Trinajstić information content (AvgIpc) is 3.03. The van der Waals surface area contributed by atoms with Crippen molar-refractivity contribution in [2.24, 2.45) is 0 Å². The molecule has 1 aromatic carbocycles. The highest BCUT2D eigenvalue weighted by Gasteiger charge is 2.34. The van der Waals surface area contributed by atoms with E-state index in [0.717, 1.165) is 55.7 Å². The minimum absolute atomic E-state index is 0.0625. The number of benzene rings is 1. The summed E-state index contributed by atoms with van der Waals surface area (Å²) in [6, 6.07) is 6.02. The van der Waals surface area contributed by atoms with Crippen LogP contribution in [0.15, 0.2) is 18.2 Å².